The van der Waals surface area contributed by atoms with Crippen LogP contribution in [-0.2, 0) is 22.2 Å². The second-order valence-electron chi connectivity index (χ2n) is 9.46. The molecule has 39 heavy (non-hydrogen) atoms. The molecule has 3 aromatic carbocycles. The summed E-state index contributed by atoms with van der Waals surface area (Å²) in [4.78, 5) is 24.5. The maximum atomic E-state index is 13.3. The first-order valence-electron chi connectivity index (χ1n) is 12.0. The van der Waals surface area contributed by atoms with Gasteiger partial charge in [0.05, 0.1) is 31.8 Å². The zero-order valence-corrected chi connectivity index (χ0v) is 22.4. The number of carbonyl (C=O) groups is 2. The van der Waals surface area contributed by atoms with Crippen molar-refractivity contribution in [1.82, 2.24) is 5.16 Å². The lowest BCUT2D eigenvalue weighted by molar-refractivity contribution is 0.0697. The van der Waals surface area contributed by atoms with Crippen molar-refractivity contribution in [3.05, 3.63) is 98.2 Å². The minimum Gasteiger partial charge on any atom is -0.489 e. The highest BCUT2D eigenvalue weighted by molar-refractivity contribution is 7.90. The molecular weight excluding hydrogens is 565 g/mol. The molecule has 2 aliphatic rings. The smallest absolute Gasteiger partial charge is 0.335 e. The summed E-state index contributed by atoms with van der Waals surface area (Å²) in [6.45, 7) is 0.00119. The number of carboxylic acid groups (broad SMARTS) is 1. The molecule has 1 aromatic heterocycles. The lowest BCUT2D eigenvalue weighted by Gasteiger charge is -2.12. The molecule has 198 valence electrons. The number of sulfone groups is 1. The maximum Gasteiger partial charge on any atom is 0.335 e. The van der Waals surface area contributed by atoms with Gasteiger partial charge in [0.15, 0.2) is 15.6 Å². The molecule has 0 saturated heterocycles. The largest absolute Gasteiger partial charge is 0.489 e. The molecule has 11 heteroatoms. The number of benzene rings is 3. The predicted molar refractivity (Wildman–Crippen MR) is 142 cm³/mol. The van der Waals surface area contributed by atoms with Crippen molar-refractivity contribution in [2.45, 2.75) is 36.0 Å². The van der Waals surface area contributed by atoms with Crippen LogP contribution in [0.15, 0.2) is 64.0 Å². The molecule has 1 aliphatic heterocycles. The van der Waals surface area contributed by atoms with E-state index in [9.17, 15) is 23.1 Å². The molecule has 1 N–H and O–H groups in total. The van der Waals surface area contributed by atoms with Gasteiger partial charge in [0.25, 0.3) is 0 Å². The molecule has 1 aliphatic carbocycles. The van der Waals surface area contributed by atoms with Gasteiger partial charge >= 0.3 is 5.97 Å². The monoisotopic (exact) mass is 583 g/mol. The molecule has 0 unspecified atom stereocenters. The number of carbonyl (C=O) groups excluding carboxylic acids is 1. The van der Waals surface area contributed by atoms with Crippen LogP contribution < -0.4 is 4.74 Å². The Kier molecular flexibility index (Phi) is 6.25. The molecule has 1 fully saturated rings. The molecule has 0 amide bonds. The number of aromatic nitrogens is 1. The average Bonchev–Trinajstić information content (AvgIpc) is 3.67. The third kappa shape index (κ3) is 4.60. The fraction of sp³-hybridized carbons (Fsp3) is 0.179. The molecular formula is C28H19Cl2NO7S. The van der Waals surface area contributed by atoms with Crippen molar-refractivity contribution in [2.75, 3.05) is 0 Å². The number of rotatable bonds is 6. The Morgan fingerprint density at radius 3 is 2.49 bits per heavy atom. The van der Waals surface area contributed by atoms with E-state index in [2.05, 4.69) is 5.16 Å². The fourth-order valence-electron chi connectivity index (χ4n) is 4.72. The van der Waals surface area contributed by atoms with Crippen molar-refractivity contribution < 1.29 is 32.4 Å². The molecule has 2 heterocycles. The van der Waals surface area contributed by atoms with Gasteiger partial charge in [0, 0.05) is 22.6 Å². The molecule has 0 atom stereocenters. The van der Waals surface area contributed by atoms with Gasteiger partial charge in [0.1, 0.15) is 23.8 Å². The summed E-state index contributed by atoms with van der Waals surface area (Å²) in [5.41, 5.74) is 1.77. The van der Waals surface area contributed by atoms with Gasteiger partial charge in [-0.15, -0.1) is 0 Å². The quantitative estimate of drug-likeness (QED) is 0.279. The van der Waals surface area contributed by atoms with Crippen LogP contribution in [0.25, 0.3) is 11.3 Å². The summed E-state index contributed by atoms with van der Waals surface area (Å²) in [6, 6.07) is 13.2. The lowest BCUT2D eigenvalue weighted by Crippen LogP contribution is -2.08. The summed E-state index contributed by atoms with van der Waals surface area (Å²) >= 11 is 12.8. The number of nitrogens with zero attached hydrogens (tertiary/aromatic N) is 1. The standard InChI is InChI=1S/C28H19Cl2NO7S/c29-21-2-1-3-22(30)24(21)25-20(27(38-31-25)14-4-5-14)12-37-17-8-9-18-23(11-17)39(35,36)13-16-7-6-15(28(33)34)10-19(16)26(18)32/h1-3,6-11,14H,4-5,12-13H2,(H,33,34). The Bertz CT molecular complexity index is 1770. The Labute approximate surface area is 233 Å². The summed E-state index contributed by atoms with van der Waals surface area (Å²) in [7, 11) is -3.94. The topological polar surface area (TPSA) is 124 Å². The van der Waals surface area contributed by atoms with E-state index in [4.69, 9.17) is 32.5 Å². The van der Waals surface area contributed by atoms with Crippen LogP contribution in [0.5, 0.6) is 5.75 Å². The Balaban J connectivity index is 1.36. The van der Waals surface area contributed by atoms with Gasteiger partial charge < -0.3 is 14.4 Å². The zero-order chi connectivity index (χ0) is 27.5. The third-order valence-corrected chi connectivity index (χ3v) is 9.16. The number of ketones is 1. The van der Waals surface area contributed by atoms with E-state index in [0.29, 0.717) is 32.6 Å². The van der Waals surface area contributed by atoms with Crippen LogP contribution in [-0.4, -0.2) is 30.4 Å². The van der Waals surface area contributed by atoms with E-state index in [1.54, 1.807) is 18.2 Å². The highest BCUT2D eigenvalue weighted by Gasteiger charge is 2.34. The lowest BCUT2D eigenvalue weighted by atomic mass is 9.97. The molecule has 1 saturated carbocycles. The molecule has 0 radical (unpaired) electrons. The Morgan fingerprint density at radius 1 is 1.05 bits per heavy atom. The number of hydrogen-bond acceptors (Lipinski definition) is 7. The number of halogens is 2. The van der Waals surface area contributed by atoms with E-state index in [-0.39, 0.29) is 45.4 Å². The van der Waals surface area contributed by atoms with Crippen molar-refractivity contribution in [3.63, 3.8) is 0 Å². The predicted octanol–water partition coefficient (Wildman–Crippen LogP) is 6.32. The van der Waals surface area contributed by atoms with Crippen molar-refractivity contribution >= 4 is 44.8 Å². The second-order valence-corrected chi connectivity index (χ2v) is 12.2. The maximum absolute atomic E-state index is 13.3. The van der Waals surface area contributed by atoms with E-state index in [1.165, 1.54) is 36.4 Å². The Morgan fingerprint density at radius 2 is 1.79 bits per heavy atom. The minimum atomic E-state index is -3.94. The molecule has 8 nitrogen and oxygen atoms in total. The minimum absolute atomic E-state index is 0.00119. The summed E-state index contributed by atoms with van der Waals surface area (Å²) < 4.78 is 38.3. The van der Waals surface area contributed by atoms with Crippen LogP contribution in [0.2, 0.25) is 10.0 Å². The number of aromatic carboxylic acids is 1. The van der Waals surface area contributed by atoms with Gasteiger partial charge in [-0.3, -0.25) is 4.79 Å². The van der Waals surface area contributed by atoms with Gasteiger partial charge in [-0.25, -0.2) is 13.2 Å². The highest BCUT2D eigenvalue weighted by atomic mass is 35.5. The van der Waals surface area contributed by atoms with Gasteiger partial charge in [-0.05, 0) is 60.9 Å². The first kappa shape index (κ1) is 25.6. The second kappa shape index (κ2) is 9.51. The van der Waals surface area contributed by atoms with Gasteiger partial charge in [-0.2, -0.15) is 0 Å². The number of carboxylic acids is 1. The summed E-state index contributed by atoms with van der Waals surface area (Å²) in [6.07, 6.45) is 1.89. The Hall–Kier alpha value is -3.66. The van der Waals surface area contributed by atoms with Gasteiger partial charge in [-0.1, -0.05) is 40.5 Å². The zero-order valence-electron chi connectivity index (χ0n) is 20.1. The molecule has 0 spiro atoms. The van der Waals surface area contributed by atoms with Crippen LogP contribution in [0, 0.1) is 0 Å². The SMILES string of the molecule is O=C(O)c1ccc2c(c1)C(=O)c1ccc(OCc3c(-c4c(Cl)cccc4Cl)noc3C3CC3)cc1S(=O)(=O)C2. The van der Waals surface area contributed by atoms with Crippen molar-refractivity contribution in [2.24, 2.45) is 0 Å². The molecule has 4 aromatic rings. The van der Waals surface area contributed by atoms with Crippen LogP contribution in [0.1, 0.15) is 61.9 Å². The van der Waals surface area contributed by atoms with Crippen LogP contribution in [0.4, 0.5) is 0 Å². The van der Waals surface area contributed by atoms with E-state index < -0.39 is 27.3 Å². The fourth-order valence-corrected chi connectivity index (χ4v) is 6.90. The number of ether oxygens (including phenoxy) is 1. The normalized spacial score (nSPS) is 15.8. The van der Waals surface area contributed by atoms with Crippen LogP contribution >= 0.6 is 23.2 Å². The van der Waals surface area contributed by atoms with Crippen molar-refractivity contribution in [1.29, 1.82) is 0 Å². The highest BCUT2D eigenvalue weighted by Crippen LogP contribution is 2.46. The van der Waals surface area contributed by atoms with E-state index >= 15 is 0 Å². The third-order valence-electron chi connectivity index (χ3n) is 6.83. The average molecular weight is 584 g/mol. The van der Waals surface area contributed by atoms with Crippen molar-refractivity contribution in [3.8, 4) is 17.0 Å². The van der Waals surface area contributed by atoms with E-state index in [1.807, 2.05) is 0 Å². The van der Waals surface area contributed by atoms with Gasteiger partial charge in [0.2, 0.25) is 0 Å². The van der Waals surface area contributed by atoms with Crippen LogP contribution in [0.3, 0.4) is 0 Å². The summed E-state index contributed by atoms with van der Waals surface area (Å²) in [5.74, 6) is -1.13. The molecule has 6 rings (SSSR count). The van der Waals surface area contributed by atoms with E-state index in [0.717, 1.165) is 12.8 Å². The first-order valence-corrected chi connectivity index (χ1v) is 14.4. The first-order chi connectivity index (χ1) is 18.6. The number of hydrogen-bond donors (Lipinski definition) is 1. The number of fused-ring (bicyclic) bond motifs is 2. The summed E-state index contributed by atoms with van der Waals surface area (Å²) in [5, 5.41) is 14.4. The molecule has 0 bridgehead atoms.